The third-order valence-electron chi connectivity index (χ3n) is 6.10. The lowest BCUT2D eigenvalue weighted by Gasteiger charge is -2.22. The lowest BCUT2D eigenvalue weighted by atomic mass is 10.2. The maximum atomic E-state index is 13.0. The monoisotopic (exact) mass is 549 g/mol. The van der Waals surface area contributed by atoms with Crippen molar-refractivity contribution >= 4 is 28.5 Å². The number of nitrogens with zero attached hydrogens (tertiary/aromatic N) is 5. The van der Waals surface area contributed by atoms with Gasteiger partial charge in [0, 0.05) is 29.9 Å². The second-order valence-electron chi connectivity index (χ2n) is 9.03. The summed E-state index contributed by atoms with van der Waals surface area (Å²) in [6.45, 7) is -0.211. The summed E-state index contributed by atoms with van der Waals surface area (Å²) in [6, 6.07) is 23.2. The molecule has 2 amide bonds. The number of rotatable bonds is 11. The summed E-state index contributed by atoms with van der Waals surface area (Å²) in [4.78, 5) is 43.9. The molecule has 0 aliphatic rings. The predicted molar refractivity (Wildman–Crippen MR) is 154 cm³/mol. The van der Waals surface area contributed by atoms with E-state index in [0.29, 0.717) is 39.9 Å². The fourth-order valence-electron chi connectivity index (χ4n) is 4.14. The van der Waals surface area contributed by atoms with E-state index >= 15 is 0 Å². The van der Waals surface area contributed by atoms with Crippen molar-refractivity contribution in [2.75, 3.05) is 31.6 Å². The second-order valence-corrected chi connectivity index (χ2v) is 9.03. The number of fused-ring (bicyclic) bond motifs is 1. The number of phenolic OH excluding ortho intramolecular Hbond substituents is 1. The van der Waals surface area contributed by atoms with Crippen LogP contribution in [0, 0.1) is 0 Å². The molecular formula is C30H27N7O4. The van der Waals surface area contributed by atoms with Gasteiger partial charge < -0.3 is 25.8 Å². The van der Waals surface area contributed by atoms with E-state index in [1.54, 1.807) is 48.8 Å². The van der Waals surface area contributed by atoms with Crippen molar-refractivity contribution in [3.05, 3.63) is 91.3 Å². The van der Waals surface area contributed by atoms with E-state index in [1.165, 1.54) is 4.90 Å². The zero-order valence-corrected chi connectivity index (χ0v) is 22.0. The molecule has 0 aliphatic heterocycles. The van der Waals surface area contributed by atoms with Gasteiger partial charge >= 0.3 is 0 Å². The van der Waals surface area contributed by atoms with Gasteiger partial charge in [-0.25, -0.2) is 9.97 Å². The minimum atomic E-state index is -0.647. The van der Waals surface area contributed by atoms with Crippen molar-refractivity contribution in [1.29, 1.82) is 0 Å². The van der Waals surface area contributed by atoms with E-state index in [-0.39, 0.29) is 37.9 Å². The van der Waals surface area contributed by atoms with Crippen molar-refractivity contribution < 1.29 is 19.4 Å². The Morgan fingerprint density at radius 3 is 2.20 bits per heavy atom. The highest BCUT2D eigenvalue weighted by molar-refractivity contribution is 5.88. The van der Waals surface area contributed by atoms with Crippen LogP contribution in [0.1, 0.15) is 0 Å². The van der Waals surface area contributed by atoms with E-state index < -0.39 is 5.91 Å². The Morgan fingerprint density at radius 2 is 1.56 bits per heavy atom. The molecule has 11 heteroatoms. The fourth-order valence-corrected chi connectivity index (χ4v) is 4.14. The van der Waals surface area contributed by atoms with Gasteiger partial charge in [-0.05, 0) is 42.5 Å². The molecule has 0 radical (unpaired) electrons. The summed E-state index contributed by atoms with van der Waals surface area (Å²) < 4.78 is 6.01. The van der Waals surface area contributed by atoms with E-state index in [0.717, 1.165) is 5.39 Å². The number of pyridine rings is 4. The smallest absolute Gasteiger partial charge is 0.242 e. The molecule has 4 aromatic heterocycles. The molecule has 4 heterocycles. The van der Waals surface area contributed by atoms with Gasteiger partial charge in [0.2, 0.25) is 11.8 Å². The van der Waals surface area contributed by atoms with Gasteiger partial charge in [-0.15, -0.1) is 0 Å². The SMILES string of the molecule is NC(=O)CN(CCOc1cc(-c2ccccn2)nc(-c2ccccn2)c1)C(=O)CNc1ccc2cccc(O)c2n1. The topological polar surface area (TPSA) is 156 Å². The van der Waals surface area contributed by atoms with E-state index in [2.05, 4.69) is 20.3 Å². The summed E-state index contributed by atoms with van der Waals surface area (Å²) in [7, 11) is 0. The lowest BCUT2D eigenvalue weighted by Crippen LogP contribution is -2.43. The number of amides is 2. The zero-order chi connectivity index (χ0) is 28.6. The average molecular weight is 550 g/mol. The average Bonchev–Trinajstić information content (AvgIpc) is 3.00. The first-order valence-corrected chi connectivity index (χ1v) is 12.8. The van der Waals surface area contributed by atoms with Crippen molar-refractivity contribution in [2.24, 2.45) is 5.73 Å². The molecule has 4 N–H and O–H groups in total. The van der Waals surface area contributed by atoms with Crippen LogP contribution >= 0.6 is 0 Å². The summed E-state index contributed by atoms with van der Waals surface area (Å²) in [5.41, 5.74) is 8.37. The zero-order valence-electron chi connectivity index (χ0n) is 22.0. The van der Waals surface area contributed by atoms with E-state index in [4.69, 9.17) is 15.5 Å². The van der Waals surface area contributed by atoms with Crippen LogP contribution in [0.3, 0.4) is 0 Å². The molecule has 0 atom stereocenters. The number of aromatic nitrogens is 4. The maximum absolute atomic E-state index is 13.0. The number of hydrogen-bond acceptors (Lipinski definition) is 9. The van der Waals surface area contributed by atoms with Crippen molar-refractivity contribution in [3.63, 3.8) is 0 Å². The number of carbonyl (C=O) groups excluding carboxylic acids is 2. The number of nitrogens with two attached hydrogens (primary N) is 1. The van der Waals surface area contributed by atoms with Gasteiger partial charge in [-0.1, -0.05) is 24.3 Å². The van der Waals surface area contributed by atoms with Gasteiger partial charge in [0.1, 0.15) is 29.4 Å². The van der Waals surface area contributed by atoms with Crippen LogP contribution in [-0.4, -0.2) is 68.0 Å². The van der Waals surface area contributed by atoms with Crippen LogP contribution in [0.25, 0.3) is 33.7 Å². The standard InChI is InChI=1S/C30H27N7O4/c31-27(39)19-37(29(40)18-34-28-11-10-20-6-5-9-26(38)30(20)36-28)14-15-41-21-16-24(22-7-1-3-12-32-22)35-25(17-21)23-8-2-4-13-33-23/h1-13,16-17,38H,14-15,18-19H2,(H2,31,39)(H,34,36). The van der Waals surface area contributed by atoms with Gasteiger partial charge in [-0.2, -0.15) is 0 Å². The molecule has 41 heavy (non-hydrogen) atoms. The first kappa shape index (κ1) is 27.0. The Balaban J connectivity index is 1.27. The van der Waals surface area contributed by atoms with Crippen molar-refractivity contribution in [3.8, 4) is 34.3 Å². The predicted octanol–water partition coefficient (Wildman–Crippen LogP) is 3.26. The molecule has 11 nitrogen and oxygen atoms in total. The summed E-state index contributed by atoms with van der Waals surface area (Å²) in [5, 5.41) is 13.8. The first-order chi connectivity index (χ1) is 20.0. The summed E-state index contributed by atoms with van der Waals surface area (Å²) in [5.74, 6) is -0.0661. The first-order valence-electron chi connectivity index (χ1n) is 12.8. The van der Waals surface area contributed by atoms with Crippen LogP contribution in [0.2, 0.25) is 0 Å². The van der Waals surface area contributed by atoms with Crippen LogP contribution in [-0.2, 0) is 9.59 Å². The van der Waals surface area contributed by atoms with Crippen molar-refractivity contribution in [2.45, 2.75) is 0 Å². The number of anilines is 1. The molecule has 0 unspecified atom stereocenters. The van der Waals surface area contributed by atoms with Crippen LogP contribution < -0.4 is 15.8 Å². The largest absolute Gasteiger partial charge is 0.506 e. The minimum absolute atomic E-state index is 0.0403. The Kier molecular flexibility index (Phi) is 8.24. The Labute approximate surface area is 235 Å². The molecule has 0 saturated carbocycles. The summed E-state index contributed by atoms with van der Waals surface area (Å²) in [6.07, 6.45) is 3.37. The Morgan fingerprint density at radius 1 is 0.854 bits per heavy atom. The molecule has 5 aromatic rings. The maximum Gasteiger partial charge on any atom is 0.242 e. The quantitative estimate of drug-likeness (QED) is 0.225. The van der Waals surface area contributed by atoms with E-state index in [1.807, 2.05) is 42.5 Å². The second kappa shape index (κ2) is 12.5. The summed E-state index contributed by atoms with van der Waals surface area (Å²) >= 11 is 0. The minimum Gasteiger partial charge on any atom is -0.506 e. The number of ether oxygens (including phenoxy) is 1. The molecule has 0 bridgehead atoms. The molecule has 206 valence electrons. The van der Waals surface area contributed by atoms with Crippen molar-refractivity contribution in [1.82, 2.24) is 24.8 Å². The highest BCUT2D eigenvalue weighted by Gasteiger charge is 2.17. The number of benzene rings is 1. The molecule has 0 aliphatic carbocycles. The number of nitrogens with one attached hydrogen (secondary N) is 1. The highest BCUT2D eigenvalue weighted by atomic mass is 16.5. The number of aromatic hydroxyl groups is 1. The molecular weight excluding hydrogens is 522 g/mol. The number of para-hydroxylation sites is 1. The lowest BCUT2D eigenvalue weighted by molar-refractivity contribution is -0.134. The number of carbonyl (C=O) groups is 2. The normalized spacial score (nSPS) is 10.7. The Bertz CT molecular complexity index is 1610. The van der Waals surface area contributed by atoms with Gasteiger partial charge in [0.25, 0.3) is 0 Å². The molecule has 0 spiro atoms. The third kappa shape index (κ3) is 6.90. The van der Waals surface area contributed by atoms with Crippen LogP contribution in [0.5, 0.6) is 11.5 Å². The van der Waals surface area contributed by atoms with Crippen LogP contribution in [0.4, 0.5) is 5.82 Å². The Hall–Kier alpha value is -5.58. The van der Waals surface area contributed by atoms with Gasteiger partial charge in [0.05, 0.1) is 42.4 Å². The van der Waals surface area contributed by atoms with E-state index in [9.17, 15) is 14.7 Å². The molecule has 0 fully saturated rings. The molecule has 1 aromatic carbocycles. The number of phenols is 1. The number of primary amides is 1. The molecule has 0 saturated heterocycles. The van der Waals surface area contributed by atoms with Gasteiger partial charge in [0.15, 0.2) is 0 Å². The van der Waals surface area contributed by atoms with Crippen LogP contribution in [0.15, 0.2) is 91.3 Å². The fraction of sp³-hybridized carbons (Fsp3) is 0.133. The molecule has 5 rings (SSSR count). The highest BCUT2D eigenvalue weighted by Crippen LogP contribution is 2.27. The van der Waals surface area contributed by atoms with Gasteiger partial charge in [-0.3, -0.25) is 19.6 Å². The number of hydrogen-bond donors (Lipinski definition) is 3. The third-order valence-corrected chi connectivity index (χ3v) is 6.10.